The summed E-state index contributed by atoms with van der Waals surface area (Å²) in [6.07, 6.45) is 2.71. The van der Waals surface area contributed by atoms with Gasteiger partial charge in [0.2, 0.25) is 0 Å². The number of nitrogens with zero attached hydrogens (tertiary/aromatic N) is 3. The highest BCUT2D eigenvalue weighted by Crippen LogP contribution is 2.20. The molecule has 0 atom stereocenters. The van der Waals surface area contributed by atoms with Crippen LogP contribution in [-0.4, -0.2) is 28.3 Å². The Hall–Kier alpha value is -1.33. The van der Waals surface area contributed by atoms with Gasteiger partial charge in [-0.1, -0.05) is 31.3 Å². The molecule has 1 N–H and O–H groups in total. The van der Waals surface area contributed by atoms with Crippen molar-refractivity contribution >= 4 is 11.3 Å². The summed E-state index contributed by atoms with van der Waals surface area (Å²) in [5, 5.41) is 13.7. The van der Waals surface area contributed by atoms with Gasteiger partial charge in [0.25, 0.3) is 0 Å². The molecule has 0 amide bonds. The lowest BCUT2D eigenvalue weighted by Crippen LogP contribution is -2.22. The molecule has 0 aliphatic heterocycles. The minimum atomic E-state index is 0.684. The lowest BCUT2D eigenvalue weighted by molar-refractivity contribution is 0.553. The normalized spacial score (nSPS) is 11.1. The zero-order valence-electron chi connectivity index (χ0n) is 10.8. The summed E-state index contributed by atoms with van der Waals surface area (Å²) in [5.41, 5.74) is 0.899. The number of hydrogen-bond acceptors (Lipinski definition) is 5. The molecule has 0 bridgehead atoms. The van der Waals surface area contributed by atoms with Gasteiger partial charge in [0, 0.05) is 19.2 Å². The first-order valence-electron chi connectivity index (χ1n) is 6.20. The van der Waals surface area contributed by atoms with Crippen LogP contribution in [0.4, 0.5) is 0 Å². The predicted octanol–water partition coefficient (Wildman–Crippen LogP) is 2.39. The topological polar surface area (TPSA) is 50.7 Å². The summed E-state index contributed by atoms with van der Waals surface area (Å²) in [5.74, 6) is 0.684. The molecule has 0 aliphatic carbocycles. The minimum Gasteiger partial charge on any atom is -0.316 e. The van der Waals surface area contributed by atoms with Gasteiger partial charge in [-0.25, -0.2) is 0 Å². The van der Waals surface area contributed by atoms with Crippen LogP contribution in [0.25, 0.3) is 10.7 Å². The van der Waals surface area contributed by atoms with E-state index in [2.05, 4.69) is 34.3 Å². The molecule has 2 heterocycles. The maximum atomic E-state index is 4.27. The summed E-state index contributed by atoms with van der Waals surface area (Å²) >= 11 is 1.62. The van der Waals surface area contributed by atoms with Gasteiger partial charge in [-0.3, -0.25) is 4.98 Å². The van der Waals surface area contributed by atoms with Gasteiger partial charge in [0.1, 0.15) is 10.7 Å². The zero-order valence-corrected chi connectivity index (χ0v) is 11.6. The Morgan fingerprint density at radius 3 is 2.89 bits per heavy atom. The van der Waals surface area contributed by atoms with Gasteiger partial charge in [0.05, 0.1) is 0 Å². The lowest BCUT2D eigenvalue weighted by atomic mass is 10.2. The molecule has 96 valence electrons. The summed E-state index contributed by atoms with van der Waals surface area (Å²) in [4.78, 5) is 4.27. The average Bonchev–Trinajstić information content (AvgIpc) is 2.84. The lowest BCUT2D eigenvalue weighted by Gasteiger charge is -2.05. The van der Waals surface area contributed by atoms with Gasteiger partial charge in [-0.2, -0.15) is 0 Å². The van der Waals surface area contributed by atoms with E-state index in [4.69, 9.17) is 0 Å². The first-order chi connectivity index (χ1) is 8.75. The summed E-state index contributed by atoms with van der Waals surface area (Å²) in [7, 11) is 0. The van der Waals surface area contributed by atoms with Crippen molar-refractivity contribution in [1.82, 2.24) is 20.5 Å². The van der Waals surface area contributed by atoms with Crippen LogP contribution >= 0.6 is 11.3 Å². The fraction of sp³-hybridized carbons (Fsp3) is 0.462. The largest absolute Gasteiger partial charge is 0.316 e. The predicted molar refractivity (Wildman–Crippen MR) is 74.6 cm³/mol. The Bertz CT molecular complexity index is 467. The highest BCUT2D eigenvalue weighted by Gasteiger charge is 2.06. The molecule has 2 aromatic rings. The van der Waals surface area contributed by atoms with Gasteiger partial charge >= 0.3 is 0 Å². The number of aromatic nitrogens is 3. The van der Waals surface area contributed by atoms with E-state index in [1.807, 2.05) is 18.2 Å². The van der Waals surface area contributed by atoms with Crippen molar-refractivity contribution in [1.29, 1.82) is 0 Å². The molecule has 0 radical (unpaired) electrons. The molecule has 0 spiro atoms. The Balaban J connectivity index is 1.87. The molecule has 2 aromatic heterocycles. The number of rotatable bonds is 6. The van der Waals surface area contributed by atoms with Crippen LogP contribution in [-0.2, 0) is 6.42 Å². The molecule has 18 heavy (non-hydrogen) atoms. The van der Waals surface area contributed by atoms with E-state index in [9.17, 15) is 0 Å². The molecule has 0 saturated heterocycles. The van der Waals surface area contributed by atoms with Crippen LogP contribution in [0.5, 0.6) is 0 Å². The maximum Gasteiger partial charge on any atom is 0.166 e. The molecule has 0 aromatic carbocycles. The standard InChI is InChI=1S/C13H18N4S/c1-10(2)9-14-8-6-12-16-17-13(18-12)11-5-3-4-7-15-11/h3-5,7,10,14H,6,8-9H2,1-2H3. The van der Waals surface area contributed by atoms with Crippen molar-refractivity contribution in [3.05, 3.63) is 29.4 Å². The molecule has 5 heteroatoms. The third kappa shape index (κ3) is 3.85. The highest BCUT2D eigenvalue weighted by molar-refractivity contribution is 7.14. The van der Waals surface area contributed by atoms with Crippen molar-refractivity contribution < 1.29 is 0 Å². The molecule has 0 fully saturated rings. The van der Waals surface area contributed by atoms with Gasteiger partial charge < -0.3 is 5.32 Å². The van der Waals surface area contributed by atoms with Gasteiger partial charge in [0.15, 0.2) is 5.01 Å². The van der Waals surface area contributed by atoms with E-state index in [0.29, 0.717) is 5.92 Å². The van der Waals surface area contributed by atoms with Crippen molar-refractivity contribution in [3.63, 3.8) is 0 Å². The fourth-order valence-electron chi connectivity index (χ4n) is 1.53. The van der Waals surface area contributed by atoms with Crippen molar-refractivity contribution in [2.75, 3.05) is 13.1 Å². The first kappa shape index (κ1) is 13.1. The van der Waals surface area contributed by atoms with Crippen LogP contribution in [0.1, 0.15) is 18.9 Å². The maximum absolute atomic E-state index is 4.27. The van der Waals surface area contributed by atoms with E-state index in [0.717, 1.165) is 35.2 Å². The Morgan fingerprint density at radius 1 is 1.28 bits per heavy atom. The van der Waals surface area contributed by atoms with Crippen LogP contribution < -0.4 is 5.32 Å². The summed E-state index contributed by atoms with van der Waals surface area (Å²) in [6.45, 7) is 6.41. The molecular weight excluding hydrogens is 244 g/mol. The van der Waals surface area contributed by atoms with Crippen LogP contribution in [0.3, 0.4) is 0 Å². The van der Waals surface area contributed by atoms with E-state index in [-0.39, 0.29) is 0 Å². The average molecular weight is 262 g/mol. The highest BCUT2D eigenvalue weighted by atomic mass is 32.1. The monoisotopic (exact) mass is 262 g/mol. The van der Waals surface area contributed by atoms with Crippen molar-refractivity contribution in [2.45, 2.75) is 20.3 Å². The van der Waals surface area contributed by atoms with E-state index >= 15 is 0 Å². The van der Waals surface area contributed by atoms with Crippen LogP contribution in [0.15, 0.2) is 24.4 Å². The Labute approximate surface area is 111 Å². The second kappa shape index (κ2) is 6.56. The van der Waals surface area contributed by atoms with E-state index < -0.39 is 0 Å². The molecule has 0 unspecified atom stereocenters. The second-order valence-corrected chi connectivity index (χ2v) is 5.63. The van der Waals surface area contributed by atoms with Crippen molar-refractivity contribution in [2.24, 2.45) is 5.92 Å². The smallest absolute Gasteiger partial charge is 0.166 e. The molecule has 0 saturated carbocycles. The quantitative estimate of drug-likeness (QED) is 0.812. The first-order valence-corrected chi connectivity index (χ1v) is 7.02. The molecular formula is C13H18N4S. The third-order valence-corrected chi connectivity index (χ3v) is 3.42. The summed E-state index contributed by atoms with van der Waals surface area (Å²) < 4.78 is 0. The summed E-state index contributed by atoms with van der Waals surface area (Å²) in [6, 6.07) is 5.83. The third-order valence-electron chi connectivity index (χ3n) is 2.42. The van der Waals surface area contributed by atoms with Gasteiger partial charge in [-0.15, -0.1) is 10.2 Å². The van der Waals surface area contributed by atoms with Crippen LogP contribution in [0.2, 0.25) is 0 Å². The Kier molecular flexibility index (Phi) is 4.78. The van der Waals surface area contributed by atoms with E-state index in [1.165, 1.54) is 0 Å². The zero-order chi connectivity index (χ0) is 12.8. The minimum absolute atomic E-state index is 0.684. The number of hydrogen-bond donors (Lipinski definition) is 1. The van der Waals surface area contributed by atoms with Crippen molar-refractivity contribution in [3.8, 4) is 10.7 Å². The van der Waals surface area contributed by atoms with Gasteiger partial charge in [-0.05, 0) is 24.6 Å². The number of pyridine rings is 1. The van der Waals surface area contributed by atoms with Crippen LogP contribution in [0, 0.1) is 5.92 Å². The molecule has 2 rings (SSSR count). The fourth-order valence-corrected chi connectivity index (χ4v) is 2.35. The SMILES string of the molecule is CC(C)CNCCc1nnc(-c2ccccn2)s1. The second-order valence-electron chi connectivity index (χ2n) is 4.56. The van der Waals surface area contributed by atoms with E-state index in [1.54, 1.807) is 17.5 Å². The number of nitrogens with one attached hydrogen (secondary N) is 1. The Morgan fingerprint density at radius 2 is 2.17 bits per heavy atom. The molecule has 4 nitrogen and oxygen atoms in total. The molecule has 0 aliphatic rings.